The second-order valence-electron chi connectivity index (χ2n) is 4.22. The number of nitrogens with two attached hydrogens (primary N) is 1. The largest absolute Gasteiger partial charge is 0.399 e. The van der Waals surface area contributed by atoms with Crippen molar-refractivity contribution in [2.45, 2.75) is 31.6 Å². The summed E-state index contributed by atoms with van der Waals surface area (Å²) in [5, 5.41) is 0. The van der Waals surface area contributed by atoms with Gasteiger partial charge in [-0.1, -0.05) is 13.8 Å². The van der Waals surface area contributed by atoms with Crippen LogP contribution in [0.3, 0.4) is 0 Å². The zero-order chi connectivity index (χ0) is 14.6. The molecule has 0 atom stereocenters. The van der Waals surface area contributed by atoms with Crippen LogP contribution < -0.4 is 5.73 Å². The number of anilines is 1. The van der Waals surface area contributed by atoms with Crippen molar-refractivity contribution in [2.24, 2.45) is 0 Å². The van der Waals surface area contributed by atoms with Crippen LogP contribution in [0.5, 0.6) is 0 Å². The van der Waals surface area contributed by atoms with Gasteiger partial charge >= 0.3 is 0 Å². The SMILES string of the molecule is CCCN(CCC)S(=O)(=O)c1c(Br)cc(N)cc1Br. The van der Waals surface area contributed by atoms with E-state index < -0.39 is 10.0 Å². The molecule has 0 saturated carbocycles. The summed E-state index contributed by atoms with van der Waals surface area (Å²) in [5.74, 6) is 0. The minimum Gasteiger partial charge on any atom is -0.399 e. The minimum absolute atomic E-state index is 0.239. The Bertz CT molecular complexity index is 518. The molecule has 0 saturated heterocycles. The molecule has 4 nitrogen and oxygen atoms in total. The van der Waals surface area contributed by atoms with Crippen molar-refractivity contribution in [3.63, 3.8) is 0 Å². The highest BCUT2D eigenvalue weighted by Gasteiger charge is 2.28. The maximum absolute atomic E-state index is 12.7. The molecule has 0 aromatic heterocycles. The molecule has 2 N–H and O–H groups in total. The Balaban J connectivity index is 3.33. The Labute approximate surface area is 131 Å². The molecule has 0 bridgehead atoms. The summed E-state index contributed by atoms with van der Waals surface area (Å²) >= 11 is 6.58. The molecule has 108 valence electrons. The number of nitrogens with zero attached hydrogens (tertiary/aromatic N) is 1. The Morgan fingerprint density at radius 2 is 1.53 bits per heavy atom. The van der Waals surface area contributed by atoms with Crippen molar-refractivity contribution >= 4 is 47.6 Å². The summed E-state index contributed by atoms with van der Waals surface area (Å²) in [6.07, 6.45) is 1.56. The average Bonchev–Trinajstić information content (AvgIpc) is 2.26. The first-order chi connectivity index (χ1) is 8.84. The molecule has 1 aromatic rings. The molecule has 7 heteroatoms. The van der Waals surface area contributed by atoms with Gasteiger partial charge in [-0.15, -0.1) is 0 Å². The van der Waals surface area contributed by atoms with Crippen LogP contribution in [0, 0.1) is 0 Å². The quantitative estimate of drug-likeness (QED) is 0.724. The van der Waals surface area contributed by atoms with Gasteiger partial charge < -0.3 is 5.73 Å². The molecule has 0 aliphatic heterocycles. The normalized spacial score (nSPS) is 12.1. The molecule has 0 spiro atoms. The Morgan fingerprint density at radius 1 is 1.11 bits per heavy atom. The maximum Gasteiger partial charge on any atom is 0.245 e. The van der Waals surface area contributed by atoms with Gasteiger partial charge in [0, 0.05) is 27.7 Å². The van der Waals surface area contributed by atoms with Crippen LogP contribution in [0.25, 0.3) is 0 Å². The molecule has 0 fully saturated rings. The first-order valence-corrected chi connectivity index (χ1v) is 9.11. The number of hydrogen-bond donors (Lipinski definition) is 1. The summed E-state index contributed by atoms with van der Waals surface area (Å²) < 4.78 is 27.9. The lowest BCUT2D eigenvalue weighted by molar-refractivity contribution is 0.409. The van der Waals surface area contributed by atoms with Gasteiger partial charge in [-0.25, -0.2) is 8.42 Å². The number of hydrogen-bond acceptors (Lipinski definition) is 3. The van der Waals surface area contributed by atoms with Crippen LogP contribution in [0.2, 0.25) is 0 Å². The second-order valence-corrected chi connectivity index (χ2v) is 7.80. The standard InChI is InChI=1S/C12H18Br2N2O2S/c1-3-5-16(6-4-2)19(17,18)12-10(13)7-9(15)8-11(12)14/h7-8H,3-6,15H2,1-2H3. The Hall–Kier alpha value is -0.110. The zero-order valence-corrected chi connectivity index (χ0v) is 15.0. The van der Waals surface area contributed by atoms with E-state index in [1.54, 1.807) is 12.1 Å². The van der Waals surface area contributed by atoms with E-state index in [2.05, 4.69) is 31.9 Å². The summed E-state index contributed by atoms with van der Waals surface area (Å²) in [7, 11) is -3.52. The maximum atomic E-state index is 12.7. The van der Waals surface area contributed by atoms with Crippen LogP contribution in [0.4, 0.5) is 5.69 Å². The summed E-state index contributed by atoms with van der Waals surface area (Å²) in [6, 6.07) is 3.21. The molecule has 0 radical (unpaired) electrons. The van der Waals surface area contributed by atoms with E-state index in [1.165, 1.54) is 4.31 Å². The molecule has 19 heavy (non-hydrogen) atoms. The smallest absolute Gasteiger partial charge is 0.245 e. The van der Waals surface area contributed by atoms with E-state index >= 15 is 0 Å². The third kappa shape index (κ3) is 3.93. The fourth-order valence-electron chi connectivity index (χ4n) is 1.81. The molecule has 0 amide bonds. The predicted octanol–water partition coefficient (Wildman–Crippen LogP) is 3.60. The fourth-order valence-corrected chi connectivity index (χ4v) is 5.97. The van der Waals surface area contributed by atoms with Crippen molar-refractivity contribution in [3.05, 3.63) is 21.1 Å². The van der Waals surface area contributed by atoms with Gasteiger partial charge in [0.1, 0.15) is 4.90 Å². The van der Waals surface area contributed by atoms with E-state index in [-0.39, 0.29) is 4.90 Å². The lowest BCUT2D eigenvalue weighted by Gasteiger charge is -2.22. The van der Waals surface area contributed by atoms with Crippen molar-refractivity contribution in [1.29, 1.82) is 0 Å². The van der Waals surface area contributed by atoms with Crippen LogP contribution in [0.15, 0.2) is 26.0 Å². The van der Waals surface area contributed by atoms with Gasteiger partial charge in [0.15, 0.2) is 0 Å². The summed E-state index contributed by atoms with van der Waals surface area (Å²) in [4.78, 5) is 0.239. The third-order valence-electron chi connectivity index (χ3n) is 2.56. The molecule has 1 aromatic carbocycles. The van der Waals surface area contributed by atoms with Crippen molar-refractivity contribution < 1.29 is 8.42 Å². The second kappa shape index (κ2) is 7.06. The van der Waals surface area contributed by atoms with E-state index in [1.807, 2.05) is 13.8 Å². The topological polar surface area (TPSA) is 63.4 Å². The van der Waals surface area contributed by atoms with Gasteiger partial charge in [-0.3, -0.25) is 0 Å². The number of rotatable bonds is 6. The number of nitrogen functional groups attached to an aromatic ring is 1. The van der Waals surface area contributed by atoms with E-state index in [9.17, 15) is 8.42 Å². The van der Waals surface area contributed by atoms with Crippen molar-refractivity contribution in [2.75, 3.05) is 18.8 Å². The molecule has 0 heterocycles. The van der Waals surface area contributed by atoms with Gasteiger partial charge in [0.25, 0.3) is 0 Å². The van der Waals surface area contributed by atoms with E-state index in [4.69, 9.17) is 5.73 Å². The number of benzene rings is 1. The minimum atomic E-state index is -3.52. The predicted molar refractivity (Wildman–Crippen MR) is 85.6 cm³/mol. The van der Waals surface area contributed by atoms with Gasteiger partial charge in [0.05, 0.1) is 0 Å². The van der Waals surface area contributed by atoms with E-state index in [0.717, 1.165) is 12.8 Å². The lowest BCUT2D eigenvalue weighted by atomic mass is 10.3. The summed E-state index contributed by atoms with van der Waals surface area (Å²) in [5.41, 5.74) is 6.21. The first kappa shape index (κ1) is 16.9. The van der Waals surface area contributed by atoms with E-state index in [0.29, 0.717) is 27.7 Å². The van der Waals surface area contributed by atoms with Crippen LogP contribution in [-0.4, -0.2) is 25.8 Å². The molecule has 0 aliphatic rings. The zero-order valence-electron chi connectivity index (χ0n) is 11.0. The van der Waals surface area contributed by atoms with Crippen LogP contribution >= 0.6 is 31.9 Å². The average molecular weight is 414 g/mol. The summed E-state index contributed by atoms with van der Waals surface area (Å²) in [6.45, 7) is 4.95. The highest BCUT2D eigenvalue weighted by molar-refractivity contribution is 9.11. The molecule has 0 unspecified atom stereocenters. The fraction of sp³-hybridized carbons (Fsp3) is 0.500. The lowest BCUT2D eigenvalue weighted by Crippen LogP contribution is -2.33. The van der Waals surface area contributed by atoms with Gasteiger partial charge in [-0.05, 0) is 56.8 Å². The first-order valence-electron chi connectivity index (χ1n) is 6.09. The monoisotopic (exact) mass is 412 g/mol. The third-order valence-corrected chi connectivity index (χ3v) is 6.34. The highest BCUT2D eigenvalue weighted by atomic mass is 79.9. The molecular weight excluding hydrogens is 396 g/mol. The highest BCUT2D eigenvalue weighted by Crippen LogP contribution is 2.34. The molecule has 0 aliphatic carbocycles. The number of sulfonamides is 1. The van der Waals surface area contributed by atoms with Gasteiger partial charge in [0.2, 0.25) is 10.0 Å². The van der Waals surface area contributed by atoms with Crippen molar-refractivity contribution in [1.82, 2.24) is 4.31 Å². The van der Waals surface area contributed by atoms with Crippen LogP contribution in [-0.2, 0) is 10.0 Å². The Kier molecular flexibility index (Phi) is 6.29. The number of halogens is 2. The van der Waals surface area contributed by atoms with Gasteiger partial charge in [-0.2, -0.15) is 4.31 Å². The van der Waals surface area contributed by atoms with Crippen molar-refractivity contribution in [3.8, 4) is 0 Å². The molecule has 1 rings (SSSR count). The Morgan fingerprint density at radius 3 is 1.89 bits per heavy atom. The molecular formula is C12H18Br2N2O2S. The van der Waals surface area contributed by atoms with Crippen LogP contribution in [0.1, 0.15) is 26.7 Å².